The number of halogens is 1. The minimum Gasteiger partial charge on any atom is -0.379 e. The summed E-state index contributed by atoms with van der Waals surface area (Å²) in [5.74, 6) is 0.967. The zero-order valence-electron chi connectivity index (χ0n) is 13.4. The monoisotopic (exact) mass is 418 g/mol. The van der Waals surface area contributed by atoms with Gasteiger partial charge < -0.3 is 15.8 Å². The molecule has 6 heteroatoms. The largest absolute Gasteiger partial charge is 0.379 e. The maximum atomic E-state index is 5.93. The van der Waals surface area contributed by atoms with Gasteiger partial charge in [-0.05, 0) is 25.0 Å². The Morgan fingerprint density at radius 1 is 1.32 bits per heavy atom. The molecule has 124 valence electrons. The van der Waals surface area contributed by atoms with Crippen molar-refractivity contribution in [2.45, 2.75) is 13.8 Å². The van der Waals surface area contributed by atoms with Crippen LogP contribution in [0.3, 0.4) is 0 Å². The van der Waals surface area contributed by atoms with E-state index in [-0.39, 0.29) is 24.0 Å². The SMILES string of the molecule is Cc1ccc(NC(N)=NCC(C)CN2CCOCC2)cc1.I. The van der Waals surface area contributed by atoms with Crippen molar-refractivity contribution in [1.29, 1.82) is 0 Å². The van der Waals surface area contributed by atoms with Crippen LogP contribution in [0.25, 0.3) is 0 Å². The third kappa shape index (κ3) is 6.93. The van der Waals surface area contributed by atoms with Crippen LogP contribution < -0.4 is 11.1 Å². The number of nitrogens with zero attached hydrogens (tertiary/aromatic N) is 2. The normalized spacial score (nSPS) is 17.6. The smallest absolute Gasteiger partial charge is 0.193 e. The second-order valence-electron chi connectivity index (χ2n) is 5.74. The van der Waals surface area contributed by atoms with Gasteiger partial charge in [-0.25, -0.2) is 0 Å². The van der Waals surface area contributed by atoms with Gasteiger partial charge >= 0.3 is 0 Å². The molecule has 2 rings (SSSR count). The third-order valence-corrected chi connectivity index (χ3v) is 3.57. The van der Waals surface area contributed by atoms with Crippen molar-refractivity contribution in [3.63, 3.8) is 0 Å². The molecule has 0 bridgehead atoms. The molecule has 0 spiro atoms. The van der Waals surface area contributed by atoms with Crippen molar-refractivity contribution in [3.05, 3.63) is 29.8 Å². The molecule has 1 aromatic rings. The van der Waals surface area contributed by atoms with Gasteiger partial charge in [0.25, 0.3) is 0 Å². The number of hydrogen-bond donors (Lipinski definition) is 2. The lowest BCUT2D eigenvalue weighted by Gasteiger charge is -2.28. The number of nitrogens with one attached hydrogen (secondary N) is 1. The van der Waals surface area contributed by atoms with Crippen LogP contribution in [0.1, 0.15) is 12.5 Å². The molecule has 3 N–H and O–H groups in total. The second kappa shape index (κ2) is 10.0. The van der Waals surface area contributed by atoms with Crippen molar-refractivity contribution in [2.75, 3.05) is 44.7 Å². The maximum absolute atomic E-state index is 5.93. The number of aliphatic imine (C=N–C) groups is 1. The Bertz CT molecular complexity index is 458. The topological polar surface area (TPSA) is 62.9 Å². The molecule has 1 aliphatic heterocycles. The Morgan fingerprint density at radius 2 is 1.95 bits per heavy atom. The van der Waals surface area contributed by atoms with Gasteiger partial charge in [0.1, 0.15) is 0 Å². The van der Waals surface area contributed by atoms with Crippen LogP contribution >= 0.6 is 24.0 Å². The zero-order chi connectivity index (χ0) is 15.1. The number of ether oxygens (including phenoxy) is 1. The lowest BCUT2D eigenvalue weighted by Crippen LogP contribution is -2.39. The number of anilines is 1. The first-order chi connectivity index (χ1) is 10.1. The van der Waals surface area contributed by atoms with E-state index in [2.05, 4.69) is 41.2 Å². The van der Waals surface area contributed by atoms with Crippen molar-refractivity contribution in [1.82, 2.24) is 4.90 Å². The minimum absolute atomic E-state index is 0. The molecule has 1 fully saturated rings. The van der Waals surface area contributed by atoms with Gasteiger partial charge in [0.2, 0.25) is 0 Å². The molecule has 5 nitrogen and oxygen atoms in total. The molecular formula is C16H27IN4O. The number of benzene rings is 1. The fraction of sp³-hybridized carbons (Fsp3) is 0.562. The lowest BCUT2D eigenvalue weighted by molar-refractivity contribution is 0.0323. The predicted octanol–water partition coefficient (Wildman–Crippen LogP) is 2.31. The van der Waals surface area contributed by atoms with Crippen molar-refractivity contribution in [3.8, 4) is 0 Å². The van der Waals surface area contributed by atoms with Gasteiger partial charge in [0.05, 0.1) is 13.2 Å². The highest BCUT2D eigenvalue weighted by Gasteiger charge is 2.13. The molecule has 0 amide bonds. The van der Waals surface area contributed by atoms with E-state index in [1.54, 1.807) is 0 Å². The minimum atomic E-state index is 0. The highest BCUT2D eigenvalue weighted by atomic mass is 127. The van der Waals surface area contributed by atoms with E-state index < -0.39 is 0 Å². The van der Waals surface area contributed by atoms with Crippen LogP contribution in [-0.2, 0) is 4.74 Å². The predicted molar refractivity (Wildman–Crippen MR) is 103 cm³/mol. The fourth-order valence-electron chi connectivity index (χ4n) is 2.36. The van der Waals surface area contributed by atoms with E-state index in [0.29, 0.717) is 11.9 Å². The molecule has 0 saturated carbocycles. The van der Waals surface area contributed by atoms with Gasteiger partial charge in [0, 0.05) is 31.9 Å². The molecule has 1 atom stereocenters. The van der Waals surface area contributed by atoms with Crippen LogP contribution in [0.4, 0.5) is 5.69 Å². The first-order valence-electron chi connectivity index (χ1n) is 7.57. The number of aryl methyl sites for hydroxylation is 1. The molecule has 1 heterocycles. The zero-order valence-corrected chi connectivity index (χ0v) is 15.7. The maximum Gasteiger partial charge on any atom is 0.193 e. The Morgan fingerprint density at radius 3 is 2.59 bits per heavy atom. The van der Waals surface area contributed by atoms with Gasteiger partial charge in [-0.3, -0.25) is 9.89 Å². The summed E-state index contributed by atoms with van der Waals surface area (Å²) >= 11 is 0. The van der Waals surface area contributed by atoms with E-state index in [4.69, 9.17) is 10.5 Å². The van der Waals surface area contributed by atoms with Crippen LogP contribution in [0, 0.1) is 12.8 Å². The number of rotatable bonds is 5. The molecule has 22 heavy (non-hydrogen) atoms. The first-order valence-corrected chi connectivity index (χ1v) is 7.57. The van der Waals surface area contributed by atoms with Crippen molar-refractivity contribution in [2.24, 2.45) is 16.6 Å². The van der Waals surface area contributed by atoms with Crippen molar-refractivity contribution >= 4 is 35.6 Å². The fourth-order valence-corrected chi connectivity index (χ4v) is 2.36. The number of nitrogens with two attached hydrogens (primary N) is 1. The Kier molecular flexibility index (Phi) is 8.74. The van der Waals surface area contributed by atoms with Crippen LogP contribution in [0.5, 0.6) is 0 Å². The quantitative estimate of drug-likeness (QED) is 0.438. The van der Waals surface area contributed by atoms with Crippen molar-refractivity contribution < 1.29 is 4.74 Å². The molecule has 1 aliphatic rings. The summed E-state index contributed by atoms with van der Waals surface area (Å²) in [4.78, 5) is 6.86. The second-order valence-corrected chi connectivity index (χ2v) is 5.74. The number of hydrogen-bond acceptors (Lipinski definition) is 3. The van der Waals surface area contributed by atoms with E-state index >= 15 is 0 Å². The van der Waals surface area contributed by atoms with Gasteiger partial charge in [0.15, 0.2) is 5.96 Å². The molecule has 1 aromatic carbocycles. The summed E-state index contributed by atoms with van der Waals surface area (Å²) in [6.45, 7) is 9.77. The number of morpholine rings is 1. The highest BCUT2D eigenvalue weighted by molar-refractivity contribution is 14.0. The van der Waals surface area contributed by atoms with Gasteiger partial charge in [-0.2, -0.15) is 0 Å². The molecule has 1 saturated heterocycles. The number of guanidine groups is 1. The molecule has 1 unspecified atom stereocenters. The third-order valence-electron chi connectivity index (χ3n) is 3.57. The Labute approximate surface area is 150 Å². The van der Waals surface area contributed by atoms with Crippen LogP contribution in [0.15, 0.2) is 29.3 Å². The van der Waals surface area contributed by atoms with Gasteiger partial charge in [-0.15, -0.1) is 24.0 Å². The molecule has 0 aromatic heterocycles. The Balaban J connectivity index is 0.00000242. The summed E-state index contributed by atoms with van der Waals surface area (Å²) in [6, 6.07) is 8.12. The van der Waals surface area contributed by atoms with E-state index in [0.717, 1.165) is 45.1 Å². The lowest BCUT2D eigenvalue weighted by atomic mass is 10.1. The average molecular weight is 418 g/mol. The van der Waals surface area contributed by atoms with E-state index in [9.17, 15) is 0 Å². The summed E-state index contributed by atoms with van der Waals surface area (Å²) in [7, 11) is 0. The molecule has 0 radical (unpaired) electrons. The van der Waals surface area contributed by atoms with E-state index in [1.165, 1.54) is 5.56 Å². The summed E-state index contributed by atoms with van der Waals surface area (Å²) in [6.07, 6.45) is 0. The average Bonchev–Trinajstić information content (AvgIpc) is 2.49. The van der Waals surface area contributed by atoms with Crippen LogP contribution in [0.2, 0.25) is 0 Å². The molecule has 0 aliphatic carbocycles. The summed E-state index contributed by atoms with van der Waals surface area (Å²) < 4.78 is 5.36. The first kappa shape index (κ1) is 19.2. The highest BCUT2D eigenvalue weighted by Crippen LogP contribution is 2.08. The summed E-state index contributed by atoms with van der Waals surface area (Å²) in [5, 5.41) is 3.12. The van der Waals surface area contributed by atoms with E-state index in [1.807, 2.05) is 12.1 Å². The molecular weight excluding hydrogens is 391 g/mol. The standard InChI is InChI=1S/C16H26N4O.HI/c1-13-3-5-15(6-4-13)19-16(17)18-11-14(2)12-20-7-9-21-10-8-20;/h3-6,14H,7-12H2,1-2H3,(H3,17,18,19);1H. The van der Waals surface area contributed by atoms with Gasteiger partial charge in [-0.1, -0.05) is 24.6 Å². The Hall–Kier alpha value is -0.860. The van der Waals surface area contributed by atoms with Crippen LogP contribution in [-0.4, -0.2) is 50.3 Å². The summed E-state index contributed by atoms with van der Waals surface area (Å²) in [5.41, 5.74) is 8.14.